The Kier molecular flexibility index (Phi) is 5.52. The van der Waals surface area contributed by atoms with E-state index in [2.05, 4.69) is 61.9 Å². The summed E-state index contributed by atoms with van der Waals surface area (Å²) in [4.78, 5) is 0. The summed E-state index contributed by atoms with van der Waals surface area (Å²) in [6.07, 6.45) is 13.4. The highest BCUT2D eigenvalue weighted by atomic mass is 14.9. The molecule has 5 rings (SSSR count). The SMILES string of the molecule is [2H]c1c(C)[n+](C)c(-c2cc(C3CCCCC3)ccc2C)c2ccc(C3CCCCC3)cc12. The van der Waals surface area contributed by atoms with Crippen LogP contribution in [0, 0.1) is 13.8 Å². The molecule has 0 unspecified atom stereocenters. The zero-order valence-electron chi connectivity index (χ0n) is 20.6. The predicted octanol–water partition coefficient (Wildman–Crippen LogP) is 8.04. The van der Waals surface area contributed by atoms with Gasteiger partial charge in [-0.15, -0.1) is 0 Å². The van der Waals surface area contributed by atoms with E-state index in [-0.39, 0.29) is 0 Å². The van der Waals surface area contributed by atoms with E-state index in [9.17, 15) is 0 Å². The summed E-state index contributed by atoms with van der Waals surface area (Å²) in [6.45, 7) is 4.35. The number of aromatic nitrogens is 1. The molecular formula is C30H38N+. The molecule has 2 aliphatic carbocycles. The Morgan fingerprint density at radius 3 is 2.00 bits per heavy atom. The lowest BCUT2D eigenvalue weighted by Gasteiger charge is -2.23. The molecule has 0 amide bonds. The van der Waals surface area contributed by atoms with Gasteiger partial charge in [-0.2, -0.15) is 4.57 Å². The van der Waals surface area contributed by atoms with Gasteiger partial charge in [-0.1, -0.05) is 62.8 Å². The predicted molar refractivity (Wildman–Crippen MR) is 132 cm³/mol. The molecule has 0 N–H and O–H groups in total. The molecule has 2 saturated carbocycles. The van der Waals surface area contributed by atoms with E-state index in [0.717, 1.165) is 11.1 Å². The molecule has 0 saturated heterocycles. The fraction of sp³-hybridized carbons (Fsp3) is 0.500. The van der Waals surface area contributed by atoms with Crippen molar-refractivity contribution >= 4 is 10.8 Å². The minimum absolute atomic E-state index is 0.668. The van der Waals surface area contributed by atoms with Crippen LogP contribution in [0.3, 0.4) is 0 Å². The van der Waals surface area contributed by atoms with E-state index in [0.29, 0.717) is 17.9 Å². The zero-order valence-corrected chi connectivity index (χ0v) is 19.6. The van der Waals surface area contributed by atoms with E-state index in [1.54, 1.807) is 0 Å². The Balaban J connectivity index is 1.67. The van der Waals surface area contributed by atoms with Crippen molar-refractivity contribution in [3.05, 3.63) is 64.8 Å². The third kappa shape index (κ3) is 4.04. The van der Waals surface area contributed by atoms with E-state index >= 15 is 0 Å². The van der Waals surface area contributed by atoms with E-state index in [1.165, 1.54) is 97.5 Å². The first-order chi connectivity index (χ1) is 15.5. The molecule has 2 aromatic carbocycles. The second kappa shape index (κ2) is 8.77. The van der Waals surface area contributed by atoms with Gasteiger partial charge in [0.05, 0.1) is 6.76 Å². The summed E-state index contributed by atoms with van der Waals surface area (Å²) >= 11 is 0. The molecule has 1 heterocycles. The summed E-state index contributed by atoms with van der Waals surface area (Å²) < 4.78 is 11.2. The maximum absolute atomic E-state index is 8.93. The van der Waals surface area contributed by atoms with Crippen LogP contribution < -0.4 is 4.57 Å². The van der Waals surface area contributed by atoms with E-state index < -0.39 is 0 Å². The topological polar surface area (TPSA) is 3.88 Å². The van der Waals surface area contributed by atoms with Crippen LogP contribution in [-0.2, 0) is 7.05 Å². The Morgan fingerprint density at radius 1 is 0.774 bits per heavy atom. The molecule has 3 aromatic rings. The van der Waals surface area contributed by atoms with Gasteiger partial charge in [0.15, 0.2) is 5.69 Å². The molecular weight excluding hydrogens is 374 g/mol. The van der Waals surface area contributed by atoms with Crippen molar-refractivity contribution in [1.29, 1.82) is 0 Å². The van der Waals surface area contributed by atoms with Gasteiger partial charge in [0.25, 0.3) is 0 Å². The number of nitrogens with zero attached hydrogens (tertiary/aromatic N) is 1. The number of aryl methyl sites for hydroxylation is 1. The van der Waals surface area contributed by atoms with E-state index in [1.807, 2.05) is 0 Å². The molecule has 31 heavy (non-hydrogen) atoms. The second-order valence-corrected chi connectivity index (χ2v) is 10.2. The minimum Gasteiger partial charge on any atom is -0.198 e. The molecule has 0 spiro atoms. The highest BCUT2D eigenvalue weighted by molar-refractivity contribution is 5.94. The first kappa shape index (κ1) is 19.5. The fourth-order valence-electron chi connectivity index (χ4n) is 6.10. The molecule has 162 valence electrons. The quantitative estimate of drug-likeness (QED) is 0.382. The van der Waals surface area contributed by atoms with Gasteiger partial charge < -0.3 is 0 Å². The Morgan fingerprint density at radius 2 is 1.35 bits per heavy atom. The van der Waals surface area contributed by atoms with Crippen molar-refractivity contribution in [3.8, 4) is 11.3 Å². The van der Waals surface area contributed by atoms with Crippen molar-refractivity contribution in [2.24, 2.45) is 7.05 Å². The Hall–Kier alpha value is -2.15. The lowest BCUT2D eigenvalue weighted by molar-refractivity contribution is -0.665. The van der Waals surface area contributed by atoms with Gasteiger partial charge in [0.1, 0.15) is 7.05 Å². The first-order valence-electron chi connectivity index (χ1n) is 13.1. The van der Waals surface area contributed by atoms with Crippen molar-refractivity contribution < 1.29 is 5.94 Å². The van der Waals surface area contributed by atoms with Gasteiger partial charge in [-0.3, -0.25) is 0 Å². The molecule has 1 heteroatoms. The Labute approximate surface area is 189 Å². The number of fused-ring (bicyclic) bond motifs is 1. The van der Waals surface area contributed by atoms with Crippen LogP contribution >= 0.6 is 0 Å². The standard InChI is InChI=1S/C30H38N/c1-21-14-15-26(24-12-8-5-9-13-24)20-29(21)30-28-17-16-25(23-10-6-4-7-11-23)19-27(28)18-22(2)31(30)3/h14-20,23-24H,4-13H2,1-3H3/q+1/i18D. The van der Waals surface area contributed by atoms with Gasteiger partial charge in [-0.05, 0) is 78.7 Å². The van der Waals surface area contributed by atoms with Crippen molar-refractivity contribution in [2.45, 2.75) is 89.9 Å². The molecule has 0 radical (unpaired) electrons. The molecule has 1 nitrogen and oxygen atoms in total. The summed E-state index contributed by atoms with van der Waals surface area (Å²) in [6, 6.07) is 14.9. The average molecular weight is 414 g/mol. The molecule has 0 atom stereocenters. The highest BCUT2D eigenvalue weighted by Gasteiger charge is 2.24. The van der Waals surface area contributed by atoms with Gasteiger partial charge >= 0.3 is 0 Å². The molecule has 2 aliphatic rings. The molecule has 0 bridgehead atoms. The molecule has 1 aromatic heterocycles. The number of rotatable bonds is 3. The summed E-state index contributed by atoms with van der Waals surface area (Å²) in [5.74, 6) is 1.37. The van der Waals surface area contributed by atoms with Crippen LogP contribution in [0.4, 0.5) is 0 Å². The maximum Gasteiger partial charge on any atom is 0.220 e. The highest BCUT2D eigenvalue weighted by Crippen LogP contribution is 2.38. The van der Waals surface area contributed by atoms with Crippen LogP contribution in [-0.4, -0.2) is 0 Å². The van der Waals surface area contributed by atoms with Crippen LogP contribution in [0.1, 0.15) is 99.8 Å². The zero-order chi connectivity index (χ0) is 22.2. The van der Waals surface area contributed by atoms with Crippen LogP contribution in [0.2, 0.25) is 0 Å². The summed E-state index contributed by atoms with van der Waals surface area (Å²) in [5, 5.41) is 2.35. The van der Waals surface area contributed by atoms with Crippen molar-refractivity contribution in [1.82, 2.24) is 0 Å². The molecule has 2 fully saturated rings. The average Bonchev–Trinajstić information content (AvgIpc) is 2.85. The number of hydrogen-bond acceptors (Lipinski definition) is 0. The summed E-state index contributed by atoms with van der Waals surface area (Å²) in [5.41, 5.74) is 7.95. The minimum atomic E-state index is 0.668. The second-order valence-electron chi connectivity index (χ2n) is 10.2. The van der Waals surface area contributed by atoms with Crippen LogP contribution in [0.15, 0.2) is 42.4 Å². The number of pyridine rings is 1. The van der Waals surface area contributed by atoms with Gasteiger partial charge in [0.2, 0.25) is 5.69 Å². The maximum atomic E-state index is 8.93. The lowest BCUT2D eigenvalue weighted by atomic mass is 9.82. The number of hydrogen-bond donors (Lipinski definition) is 0. The number of benzene rings is 2. The third-order valence-electron chi connectivity index (χ3n) is 8.12. The fourth-order valence-corrected chi connectivity index (χ4v) is 6.10. The smallest absolute Gasteiger partial charge is 0.198 e. The first-order valence-corrected chi connectivity index (χ1v) is 12.6. The third-order valence-corrected chi connectivity index (χ3v) is 8.12. The summed E-state index contributed by atoms with van der Waals surface area (Å²) in [7, 11) is 2.14. The molecule has 0 aliphatic heterocycles. The van der Waals surface area contributed by atoms with Crippen molar-refractivity contribution in [3.63, 3.8) is 0 Å². The van der Waals surface area contributed by atoms with Crippen LogP contribution in [0.5, 0.6) is 0 Å². The van der Waals surface area contributed by atoms with Gasteiger partial charge in [0, 0.05) is 18.5 Å². The van der Waals surface area contributed by atoms with Crippen molar-refractivity contribution in [2.75, 3.05) is 0 Å². The lowest BCUT2D eigenvalue weighted by Crippen LogP contribution is -2.35. The van der Waals surface area contributed by atoms with E-state index in [4.69, 9.17) is 1.37 Å². The van der Waals surface area contributed by atoms with Crippen LogP contribution in [0.25, 0.3) is 22.0 Å². The van der Waals surface area contributed by atoms with Gasteiger partial charge in [-0.25, -0.2) is 0 Å². The monoisotopic (exact) mass is 413 g/mol. The Bertz CT molecular complexity index is 1130. The normalized spacial score (nSPS) is 19.0. The largest absolute Gasteiger partial charge is 0.220 e.